The minimum Gasteiger partial charge on any atom is -0.356 e. The molecule has 0 bridgehead atoms. The lowest BCUT2D eigenvalue weighted by atomic mass is 9.97. The molecule has 1 heterocycles. The van der Waals surface area contributed by atoms with Gasteiger partial charge in [0.2, 0.25) is 11.8 Å². The van der Waals surface area contributed by atoms with Crippen LogP contribution in [-0.4, -0.2) is 61.9 Å². The van der Waals surface area contributed by atoms with E-state index in [2.05, 4.69) is 16.3 Å². The Hall–Kier alpha value is -1.36. The number of amides is 2. The number of likely N-dealkylation sites (tertiary alicyclic amines) is 1. The molecule has 0 spiro atoms. The molecule has 1 saturated heterocycles. The van der Waals surface area contributed by atoms with E-state index in [-0.39, 0.29) is 17.7 Å². The third-order valence-corrected chi connectivity index (χ3v) is 4.75. The van der Waals surface area contributed by atoms with Crippen LogP contribution in [0.15, 0.2) is 11.6 Å². The first-order valence-electron chi connectivity index (χ1n) is 8.94. The molecule has 5 nitrogen and oxygen atoms in total. The molecule has 2 rings (SSSR count). The average Bonchev–Trinajstić information content (AvgIpc) is 2.91. The molecule has 1 aliphatic carbocycles. The molecule has 0 aromatic rings. The van der Waals surface area contributed by atoms with Gasteiger partial charge in [-0.05, 0) is 59.2 Å². The summed E-state index contributed by atoms with van der Waals surface area (Å²) < 4.78 is 0. The summed E-state index contributed by atoms with van der Waals surface area (Å²) in [6.45, 7) is 3.01. The number of carbonyl (C=O) groups is 2. The highest BCUT2D eigenvalue weighted by molar-refractivity contribution is 5.89. The number of hydrogen-bond acceptors (Lipinski definition) is 3. The average molecular weight is 321 g/mol. The number of hydrogen-bond donors (Lipinski definition) is 1. The molecule has 1 fully saturated rings. The predicted octanol–water partition coefficient (Wildman–Crippen LogP) is 1.79. The minimum absolute atomic E-state index is 0.0384. The predicted molar refractivity (Wildman–Crippen MR) is 92.0 cm³/mol. The van der Waals surface area contributed by atoms with Gasteiger partial charge in [0.15, 0.2) is 0 Å². The summed E-state index contributed by atoms with van der Waals surface area (Å²) in [5, 5.41) is 2.97. The van der Waals surface area contributed by atoms with E-state index in [0.29, 0.717) is 19.5 Å². The summed E-state index contributed by atoms with van der Waals surface area (Å²) in [7, 11) is 4.05. The van der Waals surface area contributed by atoms with Gasteiger partial charge in [-0.25, -0.2) is 0 Å². The monoisotopic (exact) mass is 321 g/mol. The largest absolute Gasteiger partial charge is 0.356 e. The number of carbonyl (C=O) groups excluding carboxylic acids is 2. The van der Waals surface area contributed by atoms with Crippen LogP contribution in [0.4, 0.5) is 0 Å². The second kappa shape index (κ2) is 9.06. The molecule has 5 heteroatoms. The van der Waals surface area contributed by atoms with E-state index in [4.69, 9.17) is 0 Å². The van der Waals surface area contributed by atoms with Crippen LogP contribution in [-0.2, 0) is 9.59 Å². The Morgan fingerprint density at radius 1 is 1.39 bits per heavy atom. The van der Waals surface area contributed by atoms with Crippen molar-refractivity contribution in [2.45, 2.75) is 44.9 Å². The fourth-order valence-corrected chi connectivity index (χ4v) is 3.33. The van der Waals surface area contributed by atoms with Crippen molar-refractivity contribution in [2.75, 3.05) is 40.3 Å². The van der Waals surface area contributed by atoms with Crippen LogP contribution >= 0.6 is 0 Å². The maximum absolute atomic E-state index is 12.2. The van der Waals surface area contributed by atoms with Crippen molar-refractivity contribution >= 4 is 11.8 Å². The summed E-state index contributed by atoms with van der Waals surface area (Å²) in [6, 6.07) is 0. The molecule has 130 valence electrons. The maximum Gasteiger partial charge on any atom is 0.225 e. The maximum atomic E-state index is 12.2. The van der Waals surface area contributed by atoms with Crippen LogP contribution in [0.3, 0.4) is 0 Å². The van der Waals surface area contributed by atoms with Gasteiger partial charge in [0.1, 0.15) is 0 Å². The van der Waals surface area contributed by atoms with Gasteiger partial charge in [0, 0.05) is 26.1 Å². The molecule has 1 unspecified atom stereocenters. The molecular weight excluding hydrogens is 290 g/mol. The number of nitrogens with one attached hydrogen (secondary N) is 1. The molecule has 1 atom stereocenters. The third-order valence-electron chi connectivity index (χ3n) is 4.75. The van der Waals surface area contributed by atoms with Crippen LogP contribution < -0.4 is 5.32 Å². The summed E-state index contributed by atoms with van der Waals surface area (Å²) in [4.78, 5) is 28.3. The Labute approximate surface area is 140 Å². The van der Waals surface area contributed by atoms with Gasteiger partial charge < -0.3 is 15.1 Å². The molecule has 0 saturated carbocycles. The van der Waals surface area contributed by atoms with Gasteiger partial charge in [-0.15, -0.1) is 0 Å². The quantitative estimate of drug-likeness (QED) is 0.548. The van der Waals surface area contributed by atoms with Crippen LogP contribution in [0, 0.1) is 5.92 Å². The van der Waals surface area contributed by atoms with Crippen LogP contribution in [0.2, 0.25) is 0 Å². The van der Waals surface area contributed by atoms with Gasteiger partial charge in [-0.1, -0.05) is 11.6 Å². The normalized spacial score (nSPS) is 21.7. The van der Waals surface area contributed by atoms with Crippen LogP contribution in [0.25, 0.3) is 0 Å². The van der Waals surface area contributed by atoms with Gasteiger partial charge in [0.25, 0.3) is 0 Å². The highest BCUT2D eigenvalue weighted by atomic mass is 16.2. The second-order valence-electron chi connectivity index (χ2n) is 7.05. The van der Waals surface area contributed by atoms with Crippen LogP contribution in [0.5, 0.6) is 0 Å². The first-order valence-corrected chi connectivity index (χ1v) is 8.94. The Bertz CT molecular complexity index is 446. The number of allylic oxidation sites excluding steroid dienone is 1. The molecule has 0 aromatic heterocycles. The number of rotatable bonds is 8. The van der Waals surface area contributed by atoms with Gasteiger partial charge in [0.05, 0.1) is 5.92 Å². The standard InChI is InChI=1S/C18H31N3O2/c1-20(2)11-6-10-19-18(23)16-13-17(22)21(14-16)12-9-15-7-4-3-5-8-15/h7,16H,3-6,8-14H2,1-2H3,(H,19,23). The van der Waals surface area contributed by atoms with Crippen molar-refractivity contribution in [1.29, 1.82) is 0 Å². The third kappa shape index (κ3) is 5.98. The fourth-order valence-electron chi connectivity index (χ4n) is 3.33. The summed E-state index contributed by atoms with van der Waals surface area (Å²) >= 11 is 0. The molecule has 2 amide bonds. The Kier molecular flexibility index (Phi) is 7.09. The zero-order valence-electron chi connectivity index (χ0n) is 14.6. The molecule has 0 radical (unpaired) electrons. The van der Waals surface area contributed by atoms with E-state index in [1.807, 2.05) is 19.0 Å². The van der Waals surface area contributed by atoms with Crippen molar-refractivity contribution in [3.8, 4) is 0 Å². The van der Waals surface area contributed by atoms with Crippen LogP contribution in [0.1, 0.15) is 44.9 Å². The highest BCUT2D eigenvalue weighted by Gasteiger charge is 2.33. The molecule has 1 N–H and O–H groups in total. The Balaban J connectivity index is 1.69. The summed E-state index contributed by atoms with van der Waals surface area (Å²) in [5.41, 5.74) is 1.49. The molecule has 23 heavy (non-hydrogen) atoms. The summed E-state index contributed by atoms with van der Waals surface area (Å²) in [6.07, 6.45) is 9.55. The van der Waals surface area contributed by atoms with Crippen molar-refractivity contribution in [1.82, 2.24) is 15.1 Å². The van der Waals surface area contributed by atoms with Gasteiger partial charge in [-0.3, -0.25) is 9.59 Å². The zero-order valence-corrected chi connectivity index (χ0v) is 14.6. The topological polar surface area (TPSA) is 52.7 Å². The Morgan fingerprint density at radius 3 is 2.91 bits per heavy atom. The SMILES string of the molecule is CN(C)CCCNC(=O)C1CC(=O)N(CCC2=CCCCC2)C1. The van der Waals surface area contributed by atoms with Gasteiger partial charge in [-0.2, -0.15) is 0 Å². The second-order valence-corrected chi connectivity index (χ2v) is 7.05. The van der Waals surface area contributed by atoms with Gasteiger partial charge >= 0.3 is 0 Å². The van der Waals surface area contributed by atoms with E-state index >= 15 is 0 Å². The lowest BCUT2D eigenvalue weighted by molar-refractivity contribution is -0.129. The molecule has 0 aromatic carbocycles. The van der Waals surface area contributed by atoms with Crippen molar-refractivity contribution in [3.05, 3.63) is 11.6 Å². The number of nitrogens with zero attached hydrogens (tertiary/aromatic N) is 2. The Morgan fingerprint density at radius 2 is 2.22 bits per heavy atom. The minimum atomic E-state index is -0.165. The first-order chi connectivity index (χ1) is 11.1. The van der Waals surface area contributed by atoms with Crippen molar-refractivity contribution in [2.24, 2.45) is 5.92 Å². The summed E-state index contributed by atoms with van der Waals surface area (Å²) in [5.74, 6) is 0.00790. The zero-order chi connectivity index (χ0) is 16.7. The highest BCUT2D eigenvalue weighted by Crippen LogP contribution is 2.23. The van der Waals surface area contributed by atoms with Crippen molar-refractivity contribution < 1.29 is 9.59 Å². The van der Waals surface area contributed by atoms with E-state index in [9.17, 15) is 9.59 Å². The van der Waals surface area contributed by atoms with E-state index in [0.717, 1.165) is 25.9 Å². The fraction of sp³-hybridized carbons (Fsp3) is 0.778. The van der Waals surface area contributed by atoms with E-state index in [1.165, 1.54) is 31.3 Å². The first kappa shape index (κ1) is 18.0. The lowest BCUT2D eigenvalue weighted by Gasteiger charge is -2.19. The molecule has 2 aliphatic rings. The lowest BCUT2D eigenvalue weighted by Crippen LogP contribution is -2.34. The van der Waals surface area contributed by atoms with E-state index < -0.39 is 0 Å². The van der Waals surface area contributed by atoms with Crippen molar-refractivity contribution in [3.63, 3.8) is 0 Å². The molecular formula is C18H31N3O2. The molecule has 1 aliphatic heterocycles. The van der Waals surface area contributed by atoms with E-state index in [1.54, 1.807) is 0 Å². The smallest absolute Gasteiger partial charge is 0.225 e.